The first kappa shape index (κ1) is 16.9. The number of anilines is 2. The SMILES string of the molecule is CC(=O)Nc1cc(-c2nc(-c3cccc(N)c3)c(-c3ncc[nH]3)s2)ccn1. The number of nitrogens with two attached hydrogens (primary N) is 1. The van der Waals surface area contributed by atoms with Gasteiger partial charge in [0.25, 0.3) is 0 Å². The molecule has 0 fully saturated rings. The fourth-order valence-electron chi connectivity index (χ4n) is 2.69. The molecule has 4 rings (SSSR count). The van der Waals surface area contributed by atoms with Gasteiger partial charge in [-0.15, -0.1) is 11.3 Å². The van der Waals surface area contributed by atoms with Crippen LogP contribution in [-0.4, -0.2) is 25.8 Å². The fraction of sp³-hybridized carbons (Fsp3) is 0.0526. The Bertz CT molecular complexity index is 1100. The normalized spacial score (nSPS) is 10.7. The molecule has 0 aliphatic rings. The Morgan fingerprint density at radius 3 is 2.78 bits per heavy atom. The maximum Gasteiger partial charge on any atom is 0.222 e. The Labute approximate surface area is 159 Å². The van der Waals surface area contributed by atoms with Crippen LogP contribution in [-0.2, 0) is 4.79 Å². The molecule has 8 heteroatoms. The molecular weight excluding hydrogens is 360 g/mol. The standard InChI is InChI=1S/C19H16N6OS/c1-11(26)24-15-10-13(5-6-21-15)19-25-16(12-3-2-4-14(20)9-12)17(27-19)18-22-7-8-23-18/h2-10H,20H2,1H3,(H,22,23)(H,21,24,26). The van der Waals surface area contributed by atoms with Crippen LogP contribution in [0.3, 0.4) is 0 Å². The number of thiazole rings is 1. The molecule has 7 nitrogen and oxygen atoms in total. The summed E-state index contributed by atoms with van der Waals surface area (Å²) >= 11 is 1.51. The van der Waals surface area contributed by atoms with Crippen molar-refractivity contribution >= 4 is 28.7 Å². The Morgan fingerprint density at radius 1 is 1.15 bits per heavy atom. The molecule has 0 bridgehead atoms. The molecule has 0 aliphatic carbocycles. The van der Waals surface area contributed by atoms with E-state index < -0.39 is 0 Å². The van der Waals surface area contributed by atoms with E-state index in [0.29, 0.717) is 11.5 Å². The lowest BCUT2D eigenvalue weighted by atomic mass is 10.1. The number of H-pyrrole nitrogens is 1. The van der Waals surface area contributed by atoms with Gasteiger partial charge in [0.2, 0.25) is 5.91 Å². The predicted molar refractivity (Wildman–Crippen MR) is 107 cm³/mol. The van der Waals surface area contributed by atoms with Crippen LogP contribution in [0.15, 0.2) is 55.0 Å². The third kappa shape index (κ3) is 3.56. The van der Waals surface area contributed by atoms with Crippen molar-refractivity contribution in [3.05, 3.63) is 55.0 Å². The molecule has 4 aromatic rings. The van der Waals surface area contributed by atoms with Crippen molar-refractivity contribution in [3.8, 4) is 32.5 Å². The number of benzene rings is 1. The average Bonchev–Trinajstić information content (AvgIpc) is 3.31. The van der Waals surface area contributed by atoms with E-state index in [1.165, 1.54) is 18.3 Å². The van der Waals surface area contributed by atoms with Crippen molar-refractivity contribution in [2.45, 2.75) is 6.92 Å². The summed E-state index contributed by atoms with van der Waals surface area (Å²) in [6, 6.07) is 11.3. The molecule has 0 saturated carbocycles. The molecular formula is C19H16N6OS. The van der Waals surface area contributed by atoms with Crippen LogP contribution >= 0.6 is 11.3 Å². The summed E-state index contributed by atoms with van der Waals surface area (Å²) in [5.41, 5.74) is 9.20. The van der Waals surface area contributed by atoms with Gasteiger partial charge in [0, 0.05) is 42.3 Å². The van der Waals surface area contributed by atoms with Crippen molar-refractivity contribution in [3.63, 3.8) is 0 Å². The highest BCUT2D eigenvalue weighted by atomic mass is 32.1. The molecule has 27 heavy (non-hydrogen) atoms. The summed E-state index contributed by atoms with van der Waals surface area (Å²) in [4.78, 5) is 28.7. The number of nitrogens with zero attached hydrogens (tertiary/aromatic N) is 3. The zero-order valence-electron chi connectivity index (χ0n) is 14.4. The number of aromatic amines is 1. The molecule has 0 atom stereocenters. The Kier molecular flexibility index (Phi) is 4.39. The van der Waals surface area contributed by atoms with E-state index in [0.717, 1.165) is 32.5 Å². The van der Waals surface area contributed by atoms with Crippen LogP contribution in [0.5, 0.6) is 0 Å². The second-order valence-electron chi connectivity index (χ2n) is 5.87. The number of hydrogen-bond acceptors (Lipinski definition) is 6. The third-order valence-electron chi connectivity index (χ3n) is 3.81. The van der Waals surface area contributed by atoms with Gasteiger partial charge in [0.15, 0.2) is 0 Å². The molecule has 0 saturated heterocycles. The van der Waals surface area contributed by atoms with E-state index in [4.69, 9.17) is 10.7 Å². The van der Waals surface area contributed by atoms with Crippen molar-refractivity contribution in [2.24, 2.45) is 0 Å². The van der Waals surface area contributed by atoms with Crippen LogP contribution < -0.4 is 11.1 Å². The number of imidazole rings is 1. The van der Waals surface area contributed by atoms with E-state index in [-0.39, 0.29) is 5.91 Å². The molecule has 3 heterocycles. The quantitative estimate of drug-likeness (QED) is 0.469. The van der Waals surface area contributed by atoms with E-state index in [2.05, 4.69) is 20.3 Å². The number of nitrogens with one attached hydrogen (secondary N) is 2. The summed E-state index contributed by atoms with van der Waals surface area (Å²) < 4.78 is 0. The van der Waals surface area contributed by atoms with E-state index >= 15 is 0 Å². The van der Waals surface area contributed by atoms with E-state index in [1.54, 1.807) is 24.7 Å². The molecule has 4 N–H and O–H groups in total. The minimum absolute atomic E-state index is 0.171. The largest absolute Gasteiger partial charge is 0.399 e. The Morgan fingerprint density at radius 2 is 2.04 bits per heavy atom. The summed E-state index contributed by atoms with van der Waals surface area (Å²) in [6.07, 6.45) is 5.13. The maximum atomic E-state index is 11.3. The minimum Gasteiger partial charge on any atom is -0.399 e. The molecule has 0 spiro atoms. The number of amides is 1. The van der Waals surface area contributed by atoms with Crippen LogP contribution in [0.4, 0.5) is 11.5 Å². The number of aromatic nitrogens is 4. The van der Waals surface area contributed by atoms with Gasteiger partial charge in [0.05, 0.1) is 10.6 Å². The first-order chi connectivity index (χ1) is 13.1. The second kappa shape index (κ2) is 7.00. The van der Waals surface area contributed by atoms with Crippen LogP contribution in [0, 0.1) is 0 Å². The zero-order valence-corrected chi connectivity index (χ0v) is 15.2. The number of carbonyl (C=O) groups is 1. The van der Waals surface area contributed by atoms with Crippen LogP contribution in [0.1, 0.15) is 6.92 Å². The van der Waals surface area contributed by atoms with Gasteiger partial charge in [-0.3, -0.25) is 4.79 Å². The van der Waals surface area contributed by atoms with Crippen LogP contribution in [0.2, 0.25) is 0 Å². The lowest BCUT2D eigenvalue weighted by Crippen LogP contribution is -2.07. The monoisotopic (exact) mass is 376 g/mol. The summed E-state index contributed by atoms with van der Waals surface area (Å²) in [7, 11) is 0. The maximum absolute atomic E-state index is 11.3. The lowest BCUT2D eigenvalue weighted by Gasteiger charge is -2.02. The Hall–Kier alpha value is -3.52. The minimum atomic E-state index is -0.171. The smallest absolute Gasteiger partial charge is 0.222 e. The fourth-order valence-corrected chi connectivity index (χ4v) is 3.73. The lowest BCUT2D eigenvalue weighted by molar-refractivity contribution is -0.114. The summed E-state index contributed by atoms with van der Waals surface area (Å²) in [5, 5.41) is 3.49. The molecule has 1 aromatic carbocycles. The highest BCUT2D eigenvalue weighted by Crippen LogP contribution is 2.39. The van der Waals surface area contributed by atoms with Gasteiger partial charge in [-0.05, 0) is 24.3 Å². The summed E-state index contributed by atoms with van der Waals surface area (Å²) in [5.74, 6) is 1.06. The molecule has 0 aliphatic heterocycles. The molecule has 134 valence electrons. The first-order valence-electron chi connectivity index (χ1n) is 8.20. The highest BCUT2D eigenvalue weighted by Gasteiger charge is 2.18. The van der Waals surface area contributed by atoms with Crippen LogP contribution in [0.25, 0.3) is 32.5 Å². The highest BCUT2D eigenvalue weighted by molar-refractivity contribution is 7.18. The second-order valence-corrected chi connectivity index (χ2v) is 6.87. The van der Waals surface area contributed by atoms with Crippen molar-refractivity contribution in [2.75, 3.05) is 11.1 Å². The Balaban J connectivity index is 1.84. The number of pyridine rings is 1. The zero-order chi connectivity index (χ0) is 18.8. The predicted octanol–water partition coefficient (Wildman–Crippen LogP) is 3.80. The number of carbonyl (C=O) groups excluding carboxylic acids is 1. The third-order valence-corrected chi connectivity index (χ3v) is 4.92. The van der Waals surface area contributed by atoms with Gasteiger partial charge in [-0.1, -0.05) is 12.1 Å². The van der Waals surface area contributed by atoms with Gasteiger partial charge < -0.3 is 16.0 Å². The van der Waals surface area contributed by atoms with Crippen molar-refractivity contribution in [1.29, 1.82) is 0 Å². The molecule has 0 radical (unpaired) electrons. The molecule has 3 aromatic heterocycles. The van der Waals surface area contributed by atoms with Gasteiger partial charge in [-0.2, -0.15) is 0 Å². The van der Waals surface area contributed by atoms with E-state index in [1.807, 2.05) is 30.3 Å². The average molecular weight is 376 g/mol. The van der Waals surface area contributed by atoms with Gasteiger partial charge in [0.1, 0.15) is 16.6 Å². The van der Waals surface area contributed by atoms with Crippen molar-refractivity contribution < 1.29 is 4.79 Å². The number of hydrogen-bond donors (Lipinski definition) is 3. The molecule has 1 amide bonds. The number of rotatable bonds is 4. The van der Waals surface area contributed by atoms with Gasteiger partial charge >= 0.3 is 0 Å². The van der Waals surface area contributed by atoms with Crippen molar-refractivity contribution in [1.82, 2.24) is 19.9 Å². The topological polar surface area (TPSA) is 110 Å². The first-order valence-corrected chi connectivity index (χ1v) is 9.02. The number of nitrogen functional groups attached to an aromatic ring is 1. The van der Waals surface area contributed by atoms with Gasteiger partial charge in [-0.25, -0.2) is 15.0 Å². The molecule has 0 unspecified atom stereocenters. The van der Waals surface area contributed by atoms with E-state index in [9.17, 15) is 4.79 Å². The summed E-state index contributed by atoms with van der Waals surface area (Å²) in [6.45, 7) is 1.45.